The highest BCUT2D eigenvalue weighted by Crippen LogP contribution is 2.12. The number of benzene rings is 1. The molecule has 1 aromatic rings. The summed E-state index contributed by atoms with van der Waals surface area (Å²) in [6, 6.07) is 0.0208. The summed E-state index contributed by atoms with van der Waals surface area (Å²) in [5, 5.41) is 13.0. The Bertz CT molecular complexity index is 545. The van der Waals surface area contributed by atoms with Crippen molar-refractivity contribution in [3.8, 4) is 0 Å². The zero-order valence-electron chi connectivity index (χ0n) is 10.7. The molecule has 0 unspecified atom stereocenters. The van der Waals surface area contributed by atoms with Crippen molar-refractivity contribution >= 4 is 23.6 Å². The van der Waals surface area contributed by atoms with Crippen LogP contribution in [0, 0.1) is 11.6 Å². The predicted octanol–water partition coefficient (Wildman–Crippen LogP) is 0.805. The molecule has 7 nitrogen and oxygen atoms in total. The highest BCUT2D eigenvalue weighted by atomic mass is 19.1. The molecule has 0 saturated heterocycles. The van der Waals surface area contributed by atoms with Gasteiger partial charge in [0.2, 0.25) is 5.91 Å². The van der Waals surface area contributed by atoms with Crippen molar-refractivity contribution in [2.45, 2.75) is 18.9 Å². The van der Waals surface area contributed by atoms with Crippen molar-refractivity contribution in [2.75, 3.05) is 5.32 Å². The summed E-state index contributed by atoms with van der Waals surface area (Å²) in [6.07, 6.45) is -0.429. The van der Waals surface area contributed by atoms with Crippen LogP contribution in [0.3, 0.4) is 0 Å². The Labute approximate surface area is 118 Å². The lowest BCUT2D eigenvalue weighted by Gasteiger charge is -2.14. The SMILES string of the molecule is NC(=O)CC[C@@H](NC(=O)Nc1cc(F)cc(F)c1)C(=O)O. The maximum Gasteiger partial charge on any atom is 0.326 e. The highest BCUT2D eigenvalue weighted by molar-refractivity contribution is 5.92. The van der Waals surface area contributed by atoms with Gasteiger partial charge in [-0.3, -0.25) is 4.79 Å². The predicted molar refractivity (Wildman–Crippen MR) is 68.4 cm³/mol. The van der Waals surface area contributed by atoms with Crippen LogP contribution in [0.5, 0.6) is 0 Å². The second-order valence-electron chi connectivity index (χ2n) is 4.15. The van der Waals surface area contributed by atoms with E-state index in [2.05, 4.69) is 10.6 Å². The molecule has 21 heavy (non-hydrogen) atoms. The number of carboxylic acids is 1. The lowest BCUT2D eigenvalue weighted by Crippen LogP contribution is -2.43. The van der Waals surface area contributed by atoms with Crippen LogP contribution in [0.1, 0.15) is 12.8 Å². The molecule has 0 aliphatic rings. The maximum absolute atomic E-state index is 12.9. The Morgan fingerprint density at radius 3 is 2.24 bits per heavy atom. The molecule has 0 bridgehead atoms. The van der Waals surface area contributed by atoms with E-state index in [1.54, 1.807) is 0 Å². The standard InChI is InChI=1S/C12H13F2N3O4/c13-6-3-7(14)5-8(4-6)16-12(21)17-9(11(19)20)1-2-10(15)18/h3-5,9H,1-2H2,(H2,15,18)(H,19,20)(H2,16,17,21)/t9-/m1/s1. The molecule has 0 saturated carbocycles. The summed E-state index contributed by atoms with van der Waals surface area (Å²) < 4.78 is 25.8. The Morgan fingerprint density at radius 1 is 1.19 bits per heavy atom. The quantitative estimate of drug-likeness (QED) is 0.621. The molecule has 0 aliphatic carbocycles. The third kappa shape index (κ3) is 5.85. The average molecular weight is 301 g/mol. The van der Waals surface area contributed by atoms with Gasteiger partial charge in [-0.25, -0.2) is 18.4 Å². The van der Waals surface area contributed by atoms with Gasteiger partial charge in [0, 0.05) is 18.2 Å². The molecule has 0 fully saturated rings. The van der Waals surface area contributed by atoms with Gasteiger partial charge in [0.1, 0.15) is 17.7 Å². The highest BCUT2D eigenvalue weighted by Gasteiger charge is 2.20. The van der Waals surface area contributed by atoms with Crippen molar-refractivity contribution in [3.05, 3.63) is 29.8 Å². The van der Waals surface area contributed by atoms with E-state index in [1.807, 2.05) is 0 Å². The minimum atomic E-state index is -1.36. The molecule has 0 radical (unpaired) electrons. The smallest absolute Gasteiger partial charge is 0.326 e. The van der Waals surface area contributed by atoms with E-state index in [-0.39, 0.29) is 18.5 Å². The van der Waals surface area contributed by atoms with Gasteiger partial charge in [0.15, 0.2) is 0 Å². The molecule has 0 spiro atoms. The molecule has 1 atom stereocenters. The number of hydrogen-bond acceptors (Lipinski definition) is 3. The molecule has 1 aromatic carbocycles. The van der Waals surface area contributed by atoms with E-state index in [0.717, 1.165) is 12.1 Å². The fraction of sp³-hybridized carbons (Fsp3) is 0.250. The Balaban J connectivity index is 2.65. The Kier molecular flexibility index (Phi) is 5.58. The normalized spacial score (nSPS) is 11.5. The number of anilines is 1. The van der Waals surface area contributed by atoms with Gasteiger partial charge in [-0.15, -0.1) is 0 Å². The minimum absolute atomic E-state index is 0.177. The topological polar surface area (TPSA) is 122 Å². The summed E-state index contributed by atoms with van der Waals surface area (Å²) in [5.74, 6) is -3.87. The van der Waals surface area contributed by atoms with E-state index in [4.69, 9.17) is 10.8 Å². The van der Waals surface area contributed by atoms with Crippen LogP contribution in [0.15, 0.2) is 18.2 Å². The maximum atomic E-state index is 12.9. The number of rotatable bonds is 6. The summed E-state index contributed by atoms with van der Waals surface area (Å²) in [7, 11) is 0. The molecule has 5 N–H and O–H groups in total. The first-order valence-electron chi connectivity index (χ1n) is 5.82. The van der Waals surface area contributed by atoms with Gasteiger partial charge in [-0.05, 0) is 18.6 Å². The van der Waals surface area contributed by atoms with Gasteiger partial charge in [0.25, 0.3) is 0 Å². The van der Waals surface area contributed by atoms with E-state index >= 15 is 0 Å². The number of hydrogen-bond donors (Lipinski definition) is 4. The van der Waals surface area contributed by atoms with E-state index in [0.29, 0.717) is 6.07 Å². The Morgan fingerprint density at radius 2 is 1.76 bits per heavy atom. The van der Waals surface area contributed by atoms with Crippen LogP contribution in [-0.4, -0.2) is 29.1 Å². The fourth-order valence-electron chi connectivity index (χ4n) is 1.50. The summed E-state index contributed by atoms with van der Waals surface area (Å²) in [5.41, 5.74) is 4.71. The van der Waals surface area contributed by atoms with Crippen LogP contribution >= 0.6 is 0 Å². The third-order valence-electron chi connectivity index (χ3n) is 2.40. The van der Waals surface area contributed by atoms with E-state index in [9.17, 15) is 23.2 Å². The zero-order chi connectivity index (χ0) is 16.0. The number of amides is 3. The number of carbonyl (C=O) groups is 3. The van der Waals surface area contributed by atoms with Crippen molar-refractivity contribution in [1.29, 1.82) is 0 Å². The molecule has 0 aliphatic heterocycles. The molecule has 1 rings (SSSR count). The monoisotopic (exact) mass is 301 g/mol. The van der Waals surface area contributed by atoms with E-state index < -0.39 is 35.6 Å². The average Bonchev–Trinajstić information content (AvgIpc) is 2.32. The number of urea groups is 1. The molecule has 0 aromatic heterocycles. The number of nitrogens with one attached hydrogen (secondary N) is 2. The van der Waals surface area contributed by atoms with Gasteiger partial charge < -0.3 is 21.5 Å². The molecule has 114 valence electrons. The zero-order valence-corrected chi connectivity index (χ0v) is 10.7. The third-order valence-corrected chi connectivity index (χ3v) is 2.40. The van der Waals surface area contributed by atoms with Crippen LogP contribution in [-0.2, 0) is 9.59 Å². The van der Waals surface area contributed by atoms with Crippen LogP contribution < -0.4 is 16.4 Å². The van der Waals surface area contributed by atoms with Crippen molar-refractivity contribution < 1.29 is 28.3 Å². The number of primary amides is 1. The van der Waals surface area contributed by atoms with Gasteiger partial charge >= 0.3 is 12.0 Å². The second kappa shape index (κ2) is 7.17. The van der Waals surface area contributed by atoms with Gasteiger partial charge in [-0.1, -0.05) is 0 Å². The van der Waals surface area contributed by atoms with Gasteiger partial charge in [-0.2, -0.15) is 0 Å². The number of nitrogens with two attached hydrogens (primary N) is 1. The molecular formula is C12H13F2N3O4. The molecular weight excluding hydrogens is 288 g/mol. The number of aliphatic carboxylic acids is 1. The fourth-order valence-corrected chi connectivity index (χ4v) is 1.50. The second-order valence-corrected chi connectivity index (χ2v) is 4.15. The van der Waals surface area contributed by atoms with E-state index in [1.165, 1.54) is 0 Å². The lowest BCUT2D eigenvalue weighted by molar-refractivity contribution is -0.139. The van der Waals surface area contributed by atoms with Crippen molar-refractivity contribution in [1.82, 2.24) is 5.32 Å². The van der Waals surface area contributed by atoms with Gasteiger partial charge in [0.05, 0.1) is 0 Å². The summed E-state index contributed by atoms with van der Waals surface area (Å²) >= 11 is 0. The Hall–Kier alpha value is -2.71. The van der Waals surface area contributed by atoms with Crippen LogP contribution in [0.2, 0.25) is 0 Å². The van der Waals surface area contributed by atoms with Crippen molar-refractivity contribution in [3.63, 3.8) is 0 Å². The summed E-state index contributed by atoms with van der Waals surface area (Å²) in [4.78, 5) is 33.0. The minimum Gasteiger partial charge on any atom is -0.480 e. The van der Waals surface area contributed by atoms with Crippen molar-refractivity contribution in [2.24, 2.45) is 5.73 Å². The molecule has 9 heteroatoms. The van der Waals surface area contributed by atoms with Crippen LogP contribution in [0.25, 0.3) is 0 Å². The number of halogens is 2. The first-order valence-corrected chi connectivity index (χ1v) is 5.82. The molecule has 3 amide bonds. The van der Waals surface area contributed by atoms with Crippen LogP contribution in [0.4, 0.5) is 19.3 Å². The summed E-state index contributed by atoms with van der Waals surface area (Å²) in [6.45, 7) is 0. The molecule has 0 heterocycles. The largest absolute Gasteiger partial charge is 0.480 e. The lowest BCUT2D eigenvalue weighted by atomic mass is 10.1. The first kappa shape index (κ1) is 16.3. The number of carbonyl (C=O) groups excluding carboxylic acids is 2. The first-order chi connectivity index (χ1) is 9.77. The number of carboxylic acid groups (broad SMARTS) is 1.